The van der Waals surface area contributed by atoms with Crippen molar-refractivity contribution >= 4 is 39.5 Å². The van der Waals surface area contributed by atoms with E-state index in [1.807, 2.05) is 0 Å². The van der Waals surface area contributed by atoms with Crippen molar-refractivity contribution in [2.75, 3.05) is 39.6 Å². The fourth-order valence-electron chi connectivity index (χ4n) is 10.4. The summed E-state index contributed by atoms with van der Waals surface area (Å²) in [6.07, 6.45) is 81.8. The first kappa shape index (κ1) is 97.5. The van der Waals surface area contributed by atoms with Crippen molar-refractivity contribution in [1.29, 1.82) is 0 Å². The largest absolute Gasteiger partial charge is 0.472 e. The van der Waals surface area contributed by atoms with Crippen LogP contribution in [0.3, 0.4) is 0 Å². The third-order valence-corrected chi connectivity index (χ3v) is 18.3. The van der Waals surface area contributed by atoms with E-state index < -0.39 is 97.5 Å². The average molecular weight is 1470 g/mol. The number of rotatable bonds is 74. The highest BCUT2D eigenvalue weighted by Crippen LogP contribution is 2.45. The van der Waals surface area contributed by atoms with E-state index in [2.05, 4.69) is 149 Å². The Kier molecular flexibility index (Phi) is 71.4. The lowest BCUT2D eigenvalue weighted by Crippen LogP contribution is -2.30. The van der Waals surface area contributed by atoms with E-state index in [-0.39, 0.29) is 25.7 Å². The molecule has 0 rings (SSSR count). The molecule has 0 radical (unpaired) electrons. The molecule has 5 atom stereocenters. The van der Waals surface area contributed by atoms with E-state index in [9.17, 15) is 43.2 Å². The fraction of sp³-hybridized carbons (Fsp3) is 0.711. The van der Waals surface area contributed by atoms with Gasteiger partial charge in [-0.2, -0.15) is 0 Å². The molecule has 0 aromatic carbocycles. The van der Waals surface area contributed by atoms with Crippen molar-refractivity contribution in [2.24, 2.45) is 0 Å². The molecule has 5 unspecified atom stereocenters. The molecule has 0 saturated heterocycles. The van der Waals surface area contributed by atoms with Gasteiger partial charge in [0.1, 0.15) is 19.3 Å². The number of carbonyl (C=O) groups excluding carboxylic acids is 4. The van der Waals surface area contributed by atoms with Crippen molar-refractivity contribution in [3.63, 3.8) is 0 Å². The van der Waals surface area contributed by atoms with Gasteiger partial charge in [-0.15, -0.1) is 0 Å². The molecule has 586 valence electrons. The van der Waals surface area contributed by atoms with Gasteiger partial charge in [0.2, 0.25) is 0 Å². The summed E-state index contributed by atoms with van der Waals surface area (Å²) in [5, 5.41) is 10.6. The minimum atomic E-state index is -4.99. The van der Waals surface area contributed by atoms with Crippen molar-refractivity contribution in [3.8, 4) is 0 Å². The molecule has 0 amide bonds. The van der Waals surface area contributed by atoms with E-state index in [0.29, 0.717) is 25.7 Å². The zero-order valence-corrected chi connectivity index (χ0v) is 65.8. The van der Waals surface area contributed by atoms with Crippen LogP contribution >= 0.6 is 15.6 Å². The number of aliphatic hydroxyl groups excluding tert-OH is 1. The number of aliphatic hydroxyl groups is 1. The molecule has 0 heterocycles. The molecule has 0 saturated carbocycles. The van der Waals surface area contributed by atoms with Gasteiger partial charge in [0.15, 0.2) is 12.2 Å². The smallest absolute Gasteiger partial charge is 0.462 e. The maximum absolute atomic E-state index is 13.1. The Morgan fingerprint density at radius 3 is 0.804 bits per heavy atom. The predicted molar refractivity (Wildman–Crippen MR) is 418 cm³/mol. The lowest BCUT2D eigenvalue weighted by molar-refractivity contribution is -0.161. The summed E-state index contributed by atoms with van der Waals surface area (Å²) in [7, 11) is -9.97. The quantitative estimate of drug-likeness (QED) is 0.0169. The average Bonchev–Trinajstić information content (AvgIpc) is 0.909. The Morgan fingerprint density at radius 1 is 0.284 bits per heavy atom. The van der Waals surface area contributed by atoms with Gasteiger partial charge in [0.25, 0.3) is 0 Å². The number of unbranched alkanes of at least 4 members (excludes halogenated alkanes) is 28. The third kappa shape index (κ3) is 73.8. The molecule has 0 aliphatic carbocycles. The fourth-order valence-corrected chi connectivity index (χ4v) is 11.9. The van der Waals surface area contributed by atoms with Crippen molar-refractivity contribution in [1.82, 2.24) is 0 Å². The van der Waals surface area contributed by atoms with Gasteiger partial charge in [-0.3, -0.25) is 37.3 Å². The van der Waals surface area contributed by atoms with E-state index in [1.54, 1.807) is 0 Å². The first-order valence-corrected chi connectivity index (χ1v) is 42.8. The highest BCUT2D eigenvalue weighted by molar-refractivity contribution is 7.47. The minimum Gasteiger partial charge on any atom is -0.462 e. The van der Waals surface area contributed by atoms with Gasteiger partial charge in [0, 0.05) is 25.7 Å². The minimum absolute atomic E-state index is 0.0754. The summed E-state index contributed by atoms with van der Waals surface area (Å²) >= 11 is 0. The Morgan fingerprint density at radius 2 is 0.510 bits per heavy atom. The van der Waals surface area contributed by atoms with Crippen molar-refractivity contribution < 1.29 is 80.2 Å². The molecule has 102 heavy (non-hydrogen) atoms. The first-order chi connectivity index (χ1) is 49.7. The van der Waals surface area contributed by atoms with Gasteiger partial charge < -0.3 is 33.8 Å². The number of phosphoric ester groups is 2. The number of hydrogen-bond acceptors (Lipinski definition) is 15. The van der Waals surface area contributed by atoms with Crippen LogP contribution in [0.4, 0.5) is 0 Å². The molecule has 0 aliphatic rings. The number of esters is 4. The second kappa shape index (κ2) is 74.7. The highest BCUT2D eigenvalue weighted by Gasteiger charge is 2.30. The topological polar surface area (TPSA) is 237 Å². The van der Waals surface area contributed by atoms with Gasteiger partial charge >= 0.3 is 39.5 Å². The van der Waals surface area contributed by atoms with E-state index in [1.165, 1.54) is 51.4 Å². The molecular formula is C83H142O17P2. The van der Waals surface area contributed by atoms with Gasteiger partial charge in [-0.05, 0) is 154 Å². The van der Waals surface area contributed by atoms with Crippen LogP contribution < -0.4 is 0 Å². The maximum Gasteiger partial charge on any atom is 0.472 e. The van der Waals surface area contributed by atoms with Crippen LogP contribution in [-0.4, -0.2) is 96.7 Å². The maximum atomic E-state index is 13.1. The Bertz CT molecular complexity index is 2410. The number of hydrogen-bond donors (Lipinski definition) is 3. The van der Waals surface area contributed by atoms with E-state index in [0.717, 1.165) is 193 Å². The summed E-state index contributed by atoms with van der Waals surface area (Å²) in [4.78, 5) is 73.0. The van der Waals surface area contributed by atoms with Crippen LogP contribution in [0, 0.1) is 0 Å². The molecule has 0 aliphatic heterocycles. The molecule has 17 nitrogen and oxygen atoms in total. The monoisotopic (exact) mass is 1470 g/mol. The lowest BCUT2D eigenvalue weighted by atomic mass is 10.1. The van der Waals surface area contributed by atoms with Crippen LogP contribution in [0.5, 0.6) is 0 Å². The summed E-state index contributed by atoms with van der Waals surface area (Å²) in [5.74, 6) is -2.23. The van der Waals surface area contributed by atoms with Crippen molar-refractivity contribution in [2.45, 2.75) is 341 Å². The SMILES string of the molecule is CC/C=C\C/C=C\C/C=C\C/C=C\C/C=C\CCCCCC(=O)OCC(COP(=O)(O)OCC(O)COP(=O)(O)OCC(COC(=O)CCCCCCCCC/C=C\C/C=C\C/C=C\CC)OC(=O)CCCCCCC/C=C\CCCCCC)OC(=O)CCCCCCC/C=C\CCCCCC. The number of ether oxygens (including phenoxy) is 4. The molecular weight excluding hydrogens is 1330 g/mol. The van der Waals surface area contributed by atoms with E-state index >= 15 is 0 Å². The Labute approximate surface area is 619 Å². The second-order valence-electron chi connectivity index (χ2n) is 26.2. The summed E-state index contributed by atoms with van der Waals surface area (Å²) < 4.78 is 68.5. The Balaban J connectivity index is 5.37. The molecule has 0 spiro atoms. The normalized spacial score (nSPS) is 14.5. The number of phosphoric acid groups is 2. The standard InChI is InChI=1S/C83H142O17P2/c1-5-9-13-17-21-25-29-33-35-37-38-40-42-46-48-52-56-60-64-68-81(86)94-74-79(100-83(88)70-66-62-58-54-50-44-32-28-24-20-16-12-8-4)76-98-102(91,92)96-72-77(84)71-95-101(89,90)97-75-78(99-82(87)69-65-61-57-53-49-43-31-27-23-19-15-11-7-3)73-93-80(85)67-63-59-55-51-47-45-41-39-36-34-30-26-22-18-14-10-6-2/h9-10,13-14,21-22,25-28,31-36,38,40,46,48,77-79,84H,5-8,11-12,15-20,23-24,29-30,37,39,41-45,47,49-76H2,1-4H3,(H,89,90)(H,91,92)/b13-9-,14-10-,25-21-,26-22-,31-27-,32-28-,35-33-,36-34-,40-38-,48-46-. The van der Waals surface area contributed by atoms with Gasteiger partial charge in [-0.1, -0.05) is 265 Å². The van der Waals surface area contributed by atoms with Crippen molar-refractivity contribution in [3.05, 3.63) is 122 Å². The molecule has 3 N–H and O–H groups in total. The number of allylic oxidation sites excluding steroid dienone is 20. The molecule has 19 heteroatoms. The molecule has 0 aromatic rings. The number of carbonyl (C=O) groups is 4. The lowest BCUT2D eigenvalue weighted by Gasteiger charge is -2.21. The summed E-state index contributed by atoms with van der Waals surface area (Å²) in [5.41, 5.74) is 0. The molecule has 0 bridgehead atoms. The summed E-state index contributed by atoms with van der Waals surface area (Å²) in [6, 6.07) is 0. The third-order valence-electron chi connectivity index (χ3n) is 16.4. The zero-order chi connectivity index (χ0) is 74.6. The van der Waals surface area contributed by atoms with Crippen LogP contribution in [-0.2, 0) is 65.4 Å². The first-order valence-electron chi connectivity index (χ1n) is 39.8. The molecule has 0 fully saturated rings. The summed E-state index contributed by atoms with van der Waals surface area (Å²) in [6.45, 7) is 4.57. The predicted octanol–water partition coefficient (Wildman–Crippen LogP) is 23.1. The molecule has 0 aromatic heterocycles. The van der Waals surface area contributed by atoms with E-state index in [4.69, 9.17) is 37.0 Å². The van der Waals surface area contributed by atoms with Gasteiger partial charge in [-0.25, -0.2) is 9.13 Å². The van der Waals surface area contributed by atoms with Crippen LogP contribution in [0.15, 0.2) is 122 Å². The second-order valence-corrected chi connectivity index (χ2v) is 29.1. The van der Waals surface area contributed by atoms with Crippen LogP contribution in [0.25, 0.3) is 0 Å². The highest BCUT2D eigenvalue weighted by atomic mass is 31.2. The van der Waals surface area contributed by atoms with Gasteiger partial charge in [0.05, 0.1) is 26.4 Å². The zero-order valence-electron chi connectivity index (χ0n) is 64.0. The Hall–Kier alpha value is -4.54. The van der Waals surface area contributed by atoms with Crippen LogP contribution in [0.1, 0.15) is 323 Å². The van der Waals surface area contributed by atoms with Crippen LogP contribution in [0.2, 0.25) is 0 Å².